The van der Waals surface area contributed by atoms with E-state index in [0.717, 1.165) is 35.5 Å². The SMILES string of the molecule is CCN(CC)c1ccc(C=C(C#N)C(=O)Nc2ccc(S(=O)(=O)Nc3c(C)cccc3C)cc2)cc1. The molecule has 0 saturated carbocycles. The second-order valence-corrected chi connectivity index (χ2v) is 9.97. The fraction of sp³-hybridized carbons (Fsp3) is 0.214. The van der Waals surface area contributed by atoms with Crippen LogP contribution in [-0.2, 0) is 14.8 Å². The van der Waals surface area contributed by atoms with Gasteiger partial charge in [-0.1, -0.05) is 30.3 Å². The van der Waals surface area contributed by atoms with Crippen LogP contribution in [0.15, 0.2) is 77.2 Å². The quantitative estimate of drug-likeness (QED) is 0.297. The number of anilines is 3. The standard InChI is InChI=1S/C28H30N4O3S/c1-5-32(6-2)25-14-10-22(11-15-25)18-23(19-29)28(33)30-24-12-16-26(17-13-24)36(34,35)31-27-20(3)8-7-9-21(27)4/h7-18,31H,5-6H2,1-4H3,(H,30,33). The molecular weight excluding hydrogens is 472 g/mol. The smallest absolute Gasteiger partial charge is 0.266 e. The average molecular weight is 503 g/mol. The topological polar surface area (TPSA) is 102 Å². The van der Waals surface area contributed by atoms with Gasteiger partial charge in [0.15, 0.2) is 0 Å². The number of para-hydroxylation sites is 1. The summed E-state index contributed by atoms with van der Waals surface area (Å²) in [6.07, 6.45) is 1.52. The molecule has 0 heterocycles. The number of nitrogens with zero attached hydrogens (tertiary/aromatic N) is 2. The molecule has 36 heavy (non-hydrogen) atoms. The molecule has 0 atom stereocenters. The van der Waals surface area contributed by atoms with E-state index in [2.05, 4.69) is 28.8 Å². The van der Waals surface area contributed by atoms with Crippen molar-refractivity contribution in [3.05, 3.63) is 89.0 Å². The molecule has 0 radical (unpaired) electrons. The van der Waals surface area contributed by atoms with Crippen molar-refractivity contribution < 1.29 is 13.2 Å². The number of aryl methyl sites for hydroxylation is 2. The van der Waals surface area contributed by atoms with E-state index in [-0.39, 0.29) is 10.5 Å². The van der Waals surface area contributed by atoms with Gasteiger partial charge in [0.2, 0.25) is 0 Å². The number of nitrogens with one attached hydrogen (secondary N) is 2. The van der Waals surface area contributed by atoms with E-state index in [4.69, 9.17) is 0 Å². The first kappa shape index (κ1) is 26.5. The van der Waals surface area contributed by atoms with E-state index < -0.39 is 15.9 Å². The van der Waals surface area contributed by atoms with Gasteiger partial charge in [0.05, 0.1) is 10.6 Å². The van der Waals surface area contributed by atoms with Crippen molar-refractivity contribution in [1.29, 1.82) is 5.26 Å². The normalized spacial score (nSPS) is 11.5. The van der Waals surface area contributed by atoms with Crippen LogP contribution in [0.25, 0.3) is 6.08 Å². The van der Waals surface area contributed by atoms with Gasteiger partial charge in [-0.15, -0.1) is 0 Å². The monoisotopic (exact) mass is 502 g/mol. The lowest BCUT2D eigenvalue weighted by Gasteiger charge is -2.20. The van der Waals surface area contributed by atoms with Gasteiger partial charge in [0, 0.05) is 24.5 Å². The Morgan fingerprint density at radius 1 is 0.944 bits per heavy atom. The minimum Gasteiger partial charge on any atom is -0.372 e. The van der Waals surface area contributed by atoms with Crippen molar-refractivity contribution in [2.24, 2.45) is 0 Å². The highest BCUT2D eigenvalue weighted by Crippen LogP contribution is 2.24. The Bertz CT molecular complexity index is 1380. The predicted molar refractivity (Wildman–Crippen MR) is 145 cm³/mol. The van der Waals surface area contributed by atoms with E-state index >= 15 is 0 Å². The molecular formula is C28H30N4O3S. The van der Waals surface area contributed by atoms with Crippen molar-refractivity contribution in [3.63, 3.8) is 0 Å². The Kier molecular flexibility index (Phi) is 8.51. The van der Waals surface area contributed by atoms with Gasteiger partial charge in [-0.05, 0) is 86.9 Å². The number of hydrogen-bond acceptors (Lipinski definition) is 5. The molecule has 3 aromatic carbocycles. The first-order valence-corrected chi connectivity index (χ1v) is 13.1. The number of sulfonamides is 1. The molecule has 186 valence electrons. The minimum absolute atomic E-state index is 0.0565. The molecule has 3 rings (SSSR count). The van der Waals surface area contributed by atoms with Gasteiger partial charge >= 0.3 is 0 Å². The van der Waals surface area contributed by atoms with E-state index in [0.29, 0.717) is 11.4 Å². The largest absolute Gasteiger partial charge is 0.372 e. The maximum atomic E-state index is 12.8. The molecule has 0 aliphatic rings. The van der Waals surface area contributed by atoms with Crippen LogP contribution in [0.4, 0.5) is 17.1 Å². The summed E-state index contributed by atoms with van der Waals surface area (Å²) in [5.41, 5.74) is 4.31. The number of carbonyl (C=O) groups is 1. The van der Waals surface area contributed by atoms with E-state index in [1.54, 1.807) is 0 Å². The van der Waals surface area contributed by atoms with Crippen LogP contribution in [0, 0.1) is 25.2 Å². The van der Waals surface area contributed by atoms with Crippen molar-refractivity contribution in [2.45, 2.75) is 32.6 Å². The Morgan fingerprint density at radius 3 is 2.06 bits per heavy atom. The summed E-state index contributed by atoms with van der Waals surface area (Å²) in [5.74, 6) is -0.574. The van der Waals surface area contributed by atoms with Gasteiger partial charge in [-0.25, -0.2) is 8.42 Å². The second-order valence-electron chi connectivity index (χ2n) is 8.28. The minimum atomic E-state index is -3.81. The summed E-state index contributed by atoms with van der Waals surface area (Å²) < 4.78 is 28.3. The summed E-state index contributed by atoms with van der Waals surface area (Å²) in [4.78, 5) is 14.9. The van der Waals surface area contributed by atoms with Crippen LogP contribution in [0.5, 0.6) is 0 Å². The molecule has 0 aliphatic carbocycles. The molecule has 0 bridgehead atoms. The lowest BCUT2D eigenvalue weighted by atomic mass is 10.1. The van der Waals surface area contributed by atoms with Crippen molar-refractivity contribution in [3.8, 4) is 6.07 Å². The molecule has 8 heteroatoms. The molecule has 0 spiro atoms. The third-order valence-electron chi connectivity index (χ3n) is 5.84. The van der Waals surface area contributed by atoms with Crippen molar-refractivity contribution >= 4 is 39.1 Å². The molecule has 1 amide bonds. The molecule has 0 aliphatic heterocycles. The number of amides is 1. The highest BCUT2D eigenvalue weighted by molar-refractivity contribution is 7.92. The average Bonchev–Trinajstić information content (AvgIpc) is 2.86. The Labute approximate surface area is 213 Å². The number of hydrogen-bond donors (Lipinski definition) is 2. The van der Waals surface area contributed by atoms with E-state index in [9.17, 15) is 18.5 Å². The first-order valence-electron chi connectivity index (χ1n) is 11.7. The highest BCUT2D eigenvalue weighted by Gasteiger charge is 2.17. The zero-order chi connectivity index (χ0) is 26.3. The second kappa shape index (κ2) is 11.6. The number of carbonyl (C=O) groups excluding carboxylic acids is 1. The van der Waals surface area contributed by atoms with Gasteiger partial charge < -0.3 is 10.2 Å². The third-order valence-corrected chi connectivity index (χ3v) is 7.20. The van der Waals surface area contributed by atoms with Crippen LogP contribution in [-0.4, -0.2) is 27.4 Å². The summed E-state index contributed by atoms with van der Waals surface area (Å²) >= 11 is 0. The van der Waals surface area contributed by atoms with E-state index in [1.807, 2.05) is 62.4 Å². The lowest BCUT2D eigenvalue weighted by Crippen LogP contribution is -2.21. The predicted octanol–water partition coefficient (Wildman–Crippen LogP) is 5.50. The van der Waals surface area contributed by atoms with Gasteiger partial charge in [0.1, 0.15) is 11.6 Å². The maximum absolute atomic E-state index is 12.8. The summed E-state index contributed by atoms with van der Waals surface area (Å²) in [6.45, 7) is 9.61. The summed E-state index contributed by atoms with van der Waals surface area (Å²) in [6, 6.07) is 20.9. The zero-order valence-electron chi connectivity index (χ0n) is 20.9. The lowest BCUT2D eigenvalue weighted by molar-refractivity contribution is -0.112. The van der Waals surface area contributed by atoms with Crippen LogP contribution in [0.3, 0.4) is 0 Å². The van der Waals surface area contributed by atoms with Crippen molar-refractivity contribution in [1.82, 2.24) is 0 Å². The van der Waals surface area contributed by atoms with Crippen LogP contribution < -0.4 is 14.9 Å². The molecule has 0 fully saturated rings. The Morgan fingerprint density at radius 2 is 1.53 bits per heavy atom. The van der Waals surface area contributed by atoms with Gasteiger partial charge in [0.25, 0.3) is 15.9 Å². The highest BCUT2D eigenvalue weighted by atomic mass is 32.2. The Hall–Kier alpha value is -4.09. The molecule has 2 N–H and O–H groups in total. The number of benzene rings is 3. The third kappa shape index (κ3) is 6.32. The van der Waals surface area contributed by atoms with Gasteiger partial charge in [-0.3, -0.25) is 9.52 Å². The van der Waals surface area contributed by atoms with Crippen molar-refractivity contribution in [2.75, 3.05) is 28.0 Å². The number of rotatable bonds is 9. The van der Waals surface area contributed by atoms with Crippen LogP contribution >= 0.6 is 0 Å². The van der Waals surface area contributed by atoms with Crippen LogP contribution in [0.2, 0.25) is 0 Å². The number of nitriles is 1. The molecule has 0 unspecified atom stereocenters. The Balaban J connectivity index is 1.72. The fourth-order valence-electron chi connectivity index (χ4n) is 3.77. The molecule has 3 aromatic rings. The molecule has 7 nitrogen and oxygen atoms in total. The van der Waals surface area contributed by atoms with Gasteiger partial charge in [-0.2, -0.15) is 5.26 Å². The maximum Gasteiger partial charge on any atom is 0.266 e. The first-order chi connectivity index (χ1) is 17.2. The van der Waals surface area contributed by atoms with Crippen LogP contribution in [0.1, 0.15) is 30.5 Å². The zero-order valence-corrected chi connectivity index (χ0v) is 21.7. The summed E-state index contributed by atoms with van der Waals surface area (Å²) in [7, 11) is -3.81. The summed E-state index contributed by atoms with van der Waals surface area (Å²) in [5, 5.41) is 12.2. The molecule has 0 aromatic heterocycles. The van der Waals surface area contributed by atoms with E-state index in [1.165, 1.54) is 30.3 Å². The molecule has 0 saturated heterocycles. The fourth-order valence-corrected chi connectivity index (χ4v) is 4.97.